The Balaban J connectivity index is 1.55. The number of benzene rings is 1. The van der Waals surface area contributed by atoms with Gasteiger partial charge in [-0.05, 0) is 50.1 Å². The van der Waals surface area contributed by atoms with Crippen LogP contribution in [0.15, 0.2) is 55.2 Å². The fraction of sp³-hybridized carbons (Fsp3) is 0.348. The molecule has 1 aliphatic heterocycles. The molecule has 0 radical (unpaired) electrons. The first kappa shape index (κ1) is 19.9. The van der Waals surface area contributed by atoms with Crippen LogP contribution in [-0.4, -0.2) is 39.7 Å². The fourth-order valence-corrected chi connectivity index (χ4v) is 4.06. The van der Waals surface area contributed by atoms with E-state index in [9.17, 15) is 4.79 Å². The lowest BCUT2D eigenvalue weighted by molar-refractivity contribution is 0.256. The molecule has 1 aliphatic rings. The van der Waals surface area contributed by atoms with Crippen LogP contribution in [0.25, 0.3) is 5.69 Å². The van der Waals surface area contributed by atoms with Crippen LogP contribution < -0.4 is 15.1 Å². The van der Waals surface area contributed by atoms with Gasteiger partial charge in [-0.1, -0.05) is 13.8 Å². The van der Waals surface area contributed by atoms with Crippen molar-refractivity contribution >= 4 is 23.1 Å². The van der Waals surface area contributed by atoms with Gasteiger partial charge in [-0.25, -0.2) is 9.78 Å². The highest BCUT2D eigenvalue weighted by molar-refractivity contribution is 6.04. The minimum absolute atomic E-state index is 0.138. The highest BCUT2D eigenvalue weighted by Crippen LogP contribution is 2.35. The van der Waals surface area contributed by atoms with E-state index in [1.807, 2.05) is 48.1 Å². The molecule has 0 atom stereocenters. The van der Waals surface area contributed by atoms with Gasteiger partial charge in [0.1, 0.15) is 0 Å². The van der Waals surface area contributed by atoms with Crippen LogP contribution in [-0.2, 0) is 0 Å². The number of pyridine rings is 1. The Morgan fingerprint density at radius 3 is 2.57 bits per heavy atom. The zero-order valence-electron chi connectivity index (χ0n) is 17.7. The van der Waals surface area contributed by atoms with Crippen molar-refractivity contribution in [2.75, 3.05) is 28.2 Å². The first-order valence-corrected chi connectivity index (χ1v) is 10.5. The summed E-state index contributed by atoms with van der Waals surface area (Å²) in [6.07, 6.45) is 9.35. The summed E-state index contributed by atoms with van der Waals surface area (Å²) in [6.45, 7) is 7.87. The van der Waals surface area contributed by atoms with Gasteiger partial charge >= 0.3 is 6.03 Å². The summed E-state index contributed by atoms with van der Waals surface area (Å²) >= 11 is 0. The number of aryl methyl sites for hydroxylation is 1. The number of rotatable bonds is 5. The van der Waals surface area contributed by atoms with Crippen molar-refractivity contribution in [3.05, 3.63) is 60.9 Å². The quantitative estimate of drug-likeness (QED) is 0.674. The lowest BCUT2D eigenvalue weighted by Crippen LogP contribution is -2.49. The van der Waals surface area contributed by atoms with Crippen LogP contribution in [0.5, 0.6) is 0 Å². The molecule has 0 unspecified atom stereocenters. The number of imidazole rings is 1. The largest absolute Gasteiger partial charge is 0.365 e. The van der Waals surface area contributed by atoms with Gasteiger partial charge in [0.05, 0.1) is 23.9 Å². The summed E-state index contributed by atoms with van der Waals surface area (Å²) in [4.78, 5) is 25.8. The number of urea groups is 1. The monoisotopic (exact) mass is 404 g/mol. The van der Waals surface area contributed by atoms with Crippen molar-refractivity contribution in [1.29, 1.82) is 0 Å². The van der Waals surface area contributed by atoms with Crippen molar-refractivity contribution in [1.82, 2.24) is 14.5 Å². The predicted molar refractivity (Wildman–Crippen MR) is 121 cm³/mol. The van der Waals surface area contributed by atoms with E-state index in [0.717, 1.165) is 47.8 Å². The van der Waals surface area contributed by atoms with Crippen molar-refractivity contribution in [3.63, 3.8) is 0 Å². The van der Waals surface area contributed by atoms with E-state index >= 15 is 0 Å². The first-order chi connectivity index (χ1) is 14.6. The highest BCUT2D eigenvalue weighted by Gasteiger charge is 2.30. The zero-order valence-corrected chi connectivity index (χ0v) is 17.7. The number of carbonyl (C=O) groups is 1. The van der Waals surface area contributed by atoms with Crippen molar-refractivity contribution in [2.45, 2.75) is 39.7 Å². The first-order valence-electron chi connectivity index (χ1n) is 10.5. The van der Waals surface area contributed by atoms with E-state index in [-0.39, 0.29) is 6.03 Å². The summed E-state index contributed by atoms with van der Waals surface area (Å²) in [5.41, 5.74) is 4.67. The predicted octanol–water partition coefficient (Wildman–Crippen LogP) is 4.62. The number of nitrogens with one attached hydrogen (secondary N) is 1. The molecule has 2 aromatic heterocycles. The van der Waals surface area contributed by atoms with E-state index in [2.05, 4.69) is 40.1 Å². The molecule has 0 fully saturated rings. The summed E-state index contributed by atoms with van der Waals surface area (Å²) in [7, 11) is 0. The fourth-order valence-electron chi connectivity index (χ4n) is 4.06. The molecule has 0 saturated carbocycles. The Morgan fingerprint density at radius 1 is 1.13 bits per heavy atom. The van der Waals surface area contributed by atoms with Gasteiger partial charge in [0.25, 0.3) is 0 Å². The zero-order chi connectivity index (χ0) is 21.1. The number of carbonyl (C=O) groups excluding carboxylic acids is 1. The van der Waals surface area contributed by atoms with E-state index in [4.69, 9.17) is 0 Å². The van der Waals surface area contributed by atoms with Gasteiger partial charge in [-0.15, -0.1) is 0 Å². The standard InChI is InChI=1S/C23H28N6O/c1-4-19(5-2)28-12-13-29(22-15-25-17(3)14-21(22)28)23(30)26-18-6-8-20(9-7-18)27-11-10-24-16-27/h6-11,14-16,19H,4-5,12-13H2,1-3H3,(H,26,30). The molecule has 0 saturated heterocycles. The molecule has 0 bridgehead atoms. The smallest absolute Gasteiger partial charge is 0.326 e. The number of aromatic nitrogens is 3. The molecule has 7 nitrogen and oxygen atoms in total. The van der Waals surface area contributed by atoms with Gasteiger partial charge in [-0.2, -0.15) is 0 Å². The maximum absolute atomic E-state index is 13.1. The summed E-state index contributed by atoms with van der Waals surface area (Å²) in [6, 6.07) is 10.1. The Morgan fingerprint density at radius 2 is 1.90 bits per heavy atom. The molecule has 156 valence electrons. The highest BCUT2D eigenvalue weighted by atomic mass is 16.2. The van der Waals surface area contributed by atoms with Gasteiger partial charge in [0.15, 0.2) is 0 Å². The number of amides is 2. The molecule has 3 heterocycles. The topological polar surface area (TPSA) is 66.3 Å². The second-order valence-corrected chi connectivity index (χ2v) is 7.58. The molecule has 30 heavy (non-hydrogen) atoms. The minimum Gasteiger partial charge on any atom is -0.365 e. The number of fused-ring (bicyclic) bond motifs is 1. The van der Waals surface area contributed by atoms with Gasteiger partial charge in [-0.3, -0.25) is 9.88 Å². The van der Waals surface area contributed by atoms with E-state index in [1.54, 1.807) is 17.4 Å². The van der Waals surface area contributed by atoms with E-state index in [0.29, 0.717) is 12.6 Å². The molecule has 1 aromatic carbocycles. The molecule has 0 aliphatic carbocycles. The number of anilines is 3. The van der Waals surface area contributed by atoms with Crippen LogP contribution in [0.3, 0.4) is 0 Å². The maximum atomic E-state index is 13.1. The molecule has 3 aromatic rings. The van der Waals surface area contributed by atoms with Gasteiger partial charge in [0, 0.05) is 48.6 Å². The van der Waals surface area contributed by atoms with Crippen molar-refractivity contribution in [3.8, 4) is 5.69 Å². The number of hydrogen-bond acceptors (Lipinski definition) is 4. The Kier molecular flexibility index (Phi) is 5.70. The lowest BCUT2D eigenvalue weighted by atomic mass is 10.1. The molecule has 2 amide bonds. The van der Waals surface area contributed by atoms with Gasteiger partial charge < -0.3 is 14.8 Å². The molecule has 0 spiro atoms. The molecule has 7 heteroatoms. The molecular weight excluding hydrogens is 376 g/mol. The van der Waals surface area contributed by atoms with Crippen molar-refractivity contribution < 1.29 is 4.79 Å². The summed E-state index contributed by atoms with van der Waals surface area (Å²) in [5.74, 6) is 0. The molecule has 4 rings (SSSR count). The Labute approximate surface area is 177 Å². The third-order valence-electron chi connectivity index (χ3n) is 5.71. The average Bonchev–Trinajstić information content (AvgIpc) is 3.30. The van der Waals surface area contributed by atoms with Crippen LogP contribution >= 0.6 is 0 Å². The van der Waals surface area contributed by atoms with Crippen LogP contribution in [0.2, 0.25) is 0 Å². The summed E-state index contributed by atoms with van der Waals surface area (Å²) < 4.78 is 1.92. The van der Waals surface area contributed by atoms with Crippen LogP contribution in [0.1, 0.15) is 32.4 Å². The molecular formula is C23H28N6O. The molecule has 1 N–H and O–H groups in total. The van der Waals surface area contributed by atoms with Crippen LogP contribution in [0.4, 0.5) is 21.9 Å². The van der Waals surface area contributed by atoms with Crippen LogP contribution in [0, 0.1) is 6.92 Å². The minimum atomic E-state index is -0.138. The summed E-state index contributed by atoms with van der Waals surface area (Å²) in [5, 5.41) is 3.03. The lowest BCUT2D eigenvalue weighted by Gasteiger charge is -2.41. The SMILES string of the molecule is CCC(CC)N1CCN(C(=O)Nc2ccc(-n3ccnc3)cc2)c2cnc(C)cc21. The second-order valence-electron chi connectivity index (χ2n) is 7.58. The number of nitrogens with zero attached hydrogens (tertiary/aromatic N) is 5. The Hall–Kier alpha value is -3.35. The third-order valence-corrected chi connectivity index (χ3v) is 5.71. The maximum Gasteiger partial charge on any atom is 0.326 e. The van der Waals surface area contributed by atoms with Gasteiger partial charge in [0.2, 0.25) is 0 Å². The number of hydrogen-bond donors (Lipinski definition) is 1. The van der Waals surface area contributed by atoms with E-state index in [1.165, 1.54) is 0 Å². The van der Waals surface area contributed by atoms with Crippen molar-refractivity contribution in [2.24, 2.45) is 0 Å². The third kappa shape index (κ3) is 3.87. The Bertz CT molecular complexity index is 995. The normalized spacial score (nSPS) is 13.5. The van der Waals surface area contributed by atoms with E-state index < -0.39 is 0 Å². The average molecular weight is 405 g/mol. The second kappa shape index (κ2) is 8.57.